The maximum absolute atomic E-state index is 12.4. The lowest BCUT2D eigenvalue weighted by Gasteiger charge is -2.24. The van der Waals surface area contributed by atoms with Gasteiger partial charge in [0, 0.05) is 13.0 Å². The van der Waals surface area contributed by atoms with Gasteiger partial charge in [0.1, 0.15) is 13.2 Å². The van der Waals surface area contributed by atoms with E-state index in [1.807, 2.05) is 48.5 Å². The van der Waals surface area contributed by atoms with Crippen LogP contribution >= 0.6 is 0 Å². The summed E-state index contributed by atoms with van der Waals surface area (Å²) in [5, 5.41) is 3.02. The summed E-state index contributed by atoms with van der Waals surface area (Å²) in [5.74, 6) is 2.12. The van der Waals surface area contributed by atoms with Crippen LogP contribution < -0.4 is 14.8 Å². The van der Waals surface area contributed by atoms with Gasteiger partial charge in [-0.25, -0.2) is 0 Å². The third kappa shape index (κ3) is 4.53. The number of fused-ring (bicyclic) bond motifs is 1. The van der Waals surface area contributed by atoms with Gasteiger partial charge in [-0.1, -0.05) is 50.2 Å². The molecule has 25 heavy (non-hydrogen) atoms. The Hall–Kier alpha value is -2.49. The van der Waals surface area contributed by atoms with Crippen molar-refractivity contribution in [2.45, 2.75) is 32.7 Å². The van der Waals surface area contributed by atoms with Crippen LogP contribution in [0.3, 0.4) is 0 Å². The molecule has 2 aromatic rings. The van der Waals surface area contributed by atoms with Crippen molar-refractivity contribution in [2.24, 2.45) is 5.92 Å². The molecule has 3 rings (SSSR count). The predicted molar refractivity (Wildman–Crippen MR) is 97.9 cm³/mol. The van der Waals surface area contributed by atoms with Crippen LogP contribution in [0, 0.1) is 5.92 Å². The van der Waals surface area contributed by atoms with Crippen molar-refractivity contribution in [1.82, 2.24) is 5.32 Å². The Morgan fingerprint density at radius 2 is 1.76 bits per heavy atom. The fourth-order valence-electron chi connectivity index (χ4n) is 3.10. The molecule has 2 aromatic carbocycles. The summed E-state index contributed by atoms with van der Waals surface area (Å²) in [7, 11) is 0. The van der Waals surface area contributed by atoms with E-state index < -0.39 is 0 Å². The van der Waals surface area contributed by atoms with E-state index in [1.165, 1.54) is 0 Å². The van der Waals surface area contributed by atoms with Crippen LogP contribution in [0.15, 0.2) is 48.5 Å². The molecule has 0 bridgehead atoms. The van der Waals surface area contributed by atoms with Gasteiger partial charge in [-0.3, -0.25) is 4.79 Å². The molecule has 0 saturated carbocycles. The number of carbonyl (C=O) groups excluding carboxylic acids is 1. The van der Waals surface area contributed by atoms with Crippen molar-refractivity contribution in [3.05, 3.63) is 59.7 Å². The van der Waals surface area contributed by atoms with Crippen molar-refractivity contribution in [1.29, 1.82) is 0 Å². The molecule has 4 nitrogen and oxygen atoms in total. The fourth-order valence-corrected chi connectivity index (χ4v) is 3.10. The second kappa shape index (κ2) is 8.06. The lowest BCUT2D eigenvalue weighted by atomic mass is 9.85. The lowest BCUT2D eigenvalue weighted by Crippen LogP contribution is -2.26. The Morgan fingerprint density at radius 1 is 1.04 bits per heavy atom. The largest absolute Gasteiger partial charge is 0.486 e. The Morgan fingerprint density at radius 3 is 2.48 bits per heavy atom. The maximum atomic E-state index is 12.4. The molecule has 0 aromatic heterocycles. The maximum Gasteiger partial charge on any atom is 0.220 e. The van der Waals surface area contributed by atoms with Crippen molar-refractivity contribution < 1.29 is 14.3 Å². The number of hydrogen-bond acceptors (Lipinski definition) is 3. The number of ether oxygens (including phenoxy) is 2. The molecule has 0 saturated heterocycles. The summed E-state index contributed by atoms with van der Waals surface area (Å²) in [6, 6.07) is 16.0. The Kier molecular flexibility index (Phi) is 5.59. The van der Waals surface area contributed by atoms with Crippen LogP contribution in [-0.2, 0) is 11.3 Å². The fraction of sp³-hybridized carbons (Fsp3) is 0.381. The molecule has 1 aliphatic heterocycles. The summed E-state index contributed by atoms with van der Waals surface area (Å²) in [4.78, 5) is 12.4. The second-order valence-corrected chi connectivity index (χ2v) is 6.72. The van der Waals surface area contributed by atoms with E-state index in [9.17, 15) is 4.79 Å². The molecular formula is C21H25NO3. The van der Waals surface area contributed by atoms with Crippen molar-refractivity contribution >= 4 is 5.91 Å². The van der Waals surface area contributed by atoms with Crippen molar-refractivity contribution in [3.63, 3.8) is 0 Å². The second-order valence-electron chi connectivity index (χ2n) is 6.72. The smallest absolute Gasteiger partial charge is 0.220 e. The van der Waals surface area contributed by atoms with E-state index in [4.69, 9.17) is 9.47 Å². The van der Waals surface area contributed by atoms with Crippen LogP contribution in [0.25, 0.3) is 0 Å². The van der Waals surface area contributed by atoms with Gasteiger partial charge in [-0.05, 0) is 35.1 Å². The predicted octanol–water partition coefficient (Wildman–Crippen LogP) is 3.90. The normalized spacial score (nSPS) is 14.2. The lowest BCUT2D eigenvalue weighted by molar-refractivity contribution is -0.121. The first kappa shape index (κ1) is 17.3. The van der Waals surface area contributed by atoms with E-state index >= 15 is 0 Å². The highest BCUT2D eigenvalue weighted by atomic mass is 16.6. The van der Waals surface area contributed by atoms with Gasteiger partial charge in [-0.2, -0.15) is 0 Å². The molecular weight excluding hydrogens is 314 g/mol. The zero-order valence-electron chi connectivity index (χ0n) is 14.8. The van der Waals surface area contributed by atoms with Gasteiger partial charge >= 0.3 is 0 Å². The van der Waals surface area contributed by atoms with Crippen LogP contribution in [0.4, 0.5) is 0 Å². The molecule has 1 unspecified atom stereocenters. The highest BCUT2D eigenvalue weighted by molar-refractivity contribution is 5.77. The molecule has 1 amide bonds. The standard InChI is InChI=1S/C21H25NO3/c1-15(2)18(13-21(23)22-14-16-6-4-3-5-7-16)17-8-9-19-20(12-17)25-11-10-24-19/h3-9,12,15,18H,10-11,13-14H2,1-2H3,(H,22,23). The first-order chi connectivity index (χ1) is 12.1. The molecule has 1 N–H and O–H groups in total. The van der Waals surface area contributed by atoms with Crippen molar-refractivity contribution in [2.75, 3.05) is 13.2 Å². The molecule has 1 heterocycles. The summed E-state index contributed by atoms with van der Waals surface area (Å²) in [6.07, 6.45) is 0.462. The van der Waals surface area contributed by atoms with Crippen LogP contribution in [0.1, 0.15) is 37.3 Å². The first-order valence-electron chi connectivity index (χ1n) is 8.83. The van der Waals surface area contributed by atoms with Crippen LogP contribution in [0.2, 0.25) is 0 Å². The summed E-state index contributed by atoms with van der Waals surface area (Å²) >= 11 is 0. The Labute approximate surface area is 149 Å². The molecule has 0 aliphatic carbocycles. The van der Waals surface area contributed by atoms with E-state index in [0.717, 1.165) is 22.6 Å². The van der Waals surface area contributed by atoms with E-state index in [1.54, 1.807) is 0 Å². The van der Waals surface area contributed by atoms with Gasteiger partial charge in [0.25, 0.3) is 0 Å². The Bertz CT molecular complexity index is 712. The number of hydrogen-bond donors (Lipinski definition) is 1. The zero-order chi connectivity index (χ0) is 17.6. The third-order valence-electron chi connectivity index (χ3n) is 4.54. The van der Waals surface area contributed by atoms with Crippen molar-refractivity contribution in [3.8, 4) is 11.5 Å². The topological polar surface area (TPSA) is 47.6 Å². The third-order valence-corrected chi connectivity index (χ3v) is 4.54. The highest BCUT2D eigenvalue weighted by Gasteiger charge is 2.22. The summed E-state index contributed by atoms with van der Waals surface area (Å²) in [5.41, 5.74) is 2.23. The Balaban J connectivity index is 1.65. The first-order valence-corrected chi connectivity index (χ1v) is 8.83. The molecule has 4 heteroatoms. The highest BCUT2D eigenvalue weighted by Crippen LogP contribution is 2.36. The number of benzene rings is 2. The number of rotatable bonds is 6. The average Bonchev–Trinajstić information content (AvgIpc) is 2.64. The average molecular weight is 339 g/mol. The minimum Gasteiger partial charge on any atom is -0.486 e. The monoisotopic (exact) mass is 339 g/mol. The molecule has 0 fully saturated rings. The number of nitrogens with one attached hydrogen (secondary N) is 1. The molecule has 1 atom stereocenters. The van der Waals surface area contributed by atoms with Gasteiger partial charge in [-0.15, -0.1) is 0 Å². The molecule has 1 aliphatic rings. The van der Waals surface area contributed by atoms with E-state index in [0.29, 0.717) is 32.1 Å². The van der Waals surface area contributed by atoms with Gasteiger partial charge < -0.3 is 14.8 Å². The van der Waals surface area contributed by atoms with E-state index in [2.05, 4.69) is 19.2 Å². The summed E-state index contributed by atoms with van der Waals surface area (Å²) < 4.78 is 11.3. The van der Waals surface area contributed by atoms with E-state index in [-0.39, 0.29) is 11.8 Å². The van der Waals surface area contributed by atoms with Crippen LogP contribution in [-0.4, -0.2) is 19.1 Å². The SMILES string of the molecule is CC(C)C(CC(=O)NCc1ccccc1)c1ccc2c(c1)OCCO2. The number of carbonyl (C=O) groups is 1. The minimum absolute atomic E-state index is 0.0671. The minimum atomic E-state index is 0.0671. The molecule has 0 radical (unpaired) electrons. The molecule has 0 spiro atoms. The number of amides is 1. The van der Waals surface area contributed by atoms with Gasteiger partial charge in [0.15, 0.2) is 11.5 Å². The van der Waals surface area contributed by atoms with Gasteiger partial charge in [0.2, 0.25) is 5.91 Å². The van der Waals surface area contributed by atoms with Crippen LogP contribution in [0.5, 0.6) is 11.5 Å². The zero-order valence-corrected chi connectivity index (χ0v) is 14.8. The molecule has 132 valence electrons. The quantitative estimate of drug-likeness (QED) is 0.868. The summed E-state index contributed by atoms with van der Waals surface area (Å²) in [6.45, 7) is 6.01. The van der Waals surface area contributed by atoms with Gasteiger partial charge in [0.05, 0.1) is 0 Å².